The maximum Gasteiger partial charge on any atom is 0.244 e. The fourth-order valence-corrected chi connectivity index (χ4v) is 3.61. The third-order valence-electron chi connectivity index (χ3n) is 2.67. The average Bonchev–Trinajstić information content (AvgIpc) is 2.88. The van der Waals surface area contributed by atoms with E-state index in [9.17, 15) is 17.2 Å². The molecule has 2 aromatic rings. The van der Waals surface area contributed by atoms with Gasteiger partial charge in [-0.15, -0.1) is 11.3 Å². The first-order chi connectivity index (χ1) is 9.83. The Kier molecular flexibility index (Phi) is 4.55. The third-order valence-corrected chi connectivity index (χ3v) is 5.21. The van der Waals surface area contributed by atoms with Gasteiger partial charge in [0.25, 0.3) is 0 Å². The molecule has 1 heterocycles. The van der Waals surface area contributed by atoms with Crippen LogP contribution in [0, 0.1) is 11.6 Å². The minimum atomic E-state index is -4.21. The number of nitrogens with two attached hydrogens (primary N) is 1. The van der Waals surface area contributed by atoms with Crippen molar-refractivity contribution in [2.45, 2.75) is 24.8 Å². The Bertz CT molecular complexity index is 760. The van der Waals surface area contributed by atoms with Crippen LogP contribution in [0.3, 0.4) is 0 Å². The molecule has 0 aliphatic heterocycles. The van der Waals surface area contributed by atoms with Crippen LogP contribution in [-0.2, 0) is 23.0 Å². The minimum absolute atomic E-state index is 0.0944. The zero-order chi connectivity index (χ0) is 15.6. The summed E-state index contributed by atoms with van der Waals surface area (Å²) < 4.78 is 53.0. The first-order valence-corrected chi connectivity index (χ1v) is 8.31. The fourth-order valence-electron chi connectivity index (χ4n) is 1.61. The third kappa shape index (κ3) is 3.55. The molecule has 1 aromatic heterocycles. The van der Waals surface area contributed by atoms with Crippen LogP contribution in [-0.4, -0.2) is 13.4 Å². The van der Waals surface area contributed by atoms with Gasteiger partial charge in [0.1, 0.15) is 9.90 Å². The number of aryl methyl sites for hydroxylation is 1. The molecule has 0 aliphatic carbocycles. The number of anilines is 1. The van der Waals surface area contributed by atoms with Crippen LogP contribution in [0.15, 0.2) is 23.2 Å². The number of nitrogen functional groups attached to an aromatic ring is 1. The number of rotatable bonds is 5. The van der Waals surface area contributed by atoms with Gasteiger partial charge < -0.3 is 5.73 Å². The predicted octanol–water partition coefficient (Wildman–Crippen LogP) is 2.04. The van der Waals surface area contributed by atoms with Crippen LogP contribution in [0.25, 0.3) is 0 Å². The summed E-state index contributed by atoms with van der Waals surface area (Å²) in [5, 5.41) is 0.542. The maximum atomic E-state index is 13.6. The van der Waals surface area contributed by atoms with Crippen LogP contribution in [0.1, 0.15) is 16.8 Å². The molecule has 0 bridgehead atoms. The van der Waals surface area contributed by atoms with Crippen molar-refractivity contribution in [3.8, 4) is 0 Å². The van der Waals surface area contributed by atoms with Crippen molar-refractivity contribution in [1.82, 2.24) is 9.71 Å². The number of sulfonamides is 1. The highest BCUT2D eigenvalue weighted by Gasteiger charge is 2.22. The Balaban J connectivity index is 2.22. The van der Waals surface area contributed by atoms with E-state index in [1.54, 1.807) is 6.20 Å². The molecule has 21 heavy (non-hydrogen) atoms. The first kappa shape index (κ1) is 15.8. The second kappa shape index (κ2) is 6.04. The van der Waals surface area contributed by atoms with Gasteiger partial charge in [0, 0.05) is 16.8 Å². The number of aromatic nitrogens is 1. The topological polar surface area (TPSA) is 85.1 Å². The van der Waals surface area contributed by atoms with E-state index in [1.165, 1.54) is 11.3 Å². The van der Waals surface area contributed by atoms with Crippen molar-refractivity contribution in [1.29, 1.82) is 0 Å². The van der Waals surface area contributed by atoms with Crippen LogP contribution in [0.4, 0.5) is 14.5 Å². The van der Waals surface area contributed by atoms with Crippen molar-refractivity contribution in [3.05, 3.63) is 39.8 Å². The summed E-state index contributed by atoms with van der Waals surface area (Å²) in [4.78, 5) is 4.23. The number of thiazole rings is 1. The molecule has 0 fully saturated rings. The lowest BCUT2D eigenvalue weighted by molar-refractivity contribution is 0.483. The molecule has 3 N–H and O–H groups in total. The zero-order valence-corrected chi connectivity index (χ0v) is 12.7. The molecular formula is C12H13F2N3O2S2. The molecule has 1 aromatic carbocycles. The van der Waals surface area contributed by atoms with Gasteiger partial charge in [-0.3, -0.25) is 0 Å². The van der Waals surface area contributed by atoms with Crippen molar-refractivity contribution < 1.29 is 17.2 Å². The number of halogens is 2. The molecule has 0 spiro atoms. The van der Waals surface area contributed by atoms with Gasteiger partial charge in [-0.05, 0) is 18.6 Å². The molecule has 0 saturated heterocycles. The van der Waals surface area contributed by atoms with Crippen molar-refractivity contribution >= 4 is 27.0 Å². The summed E-state index contributed by atoms with van der Waals surface area (Å²) >= 11 is 1.35. The predicted molar refractivity (Wildman–Crippen MR) is 76.3 cm³/mol. The quantitative estimate of drug-likeness (QED) is 0.820. The maximum absolute atomic E-state index is 13.6. The molecule has 9 heteroatoms. The number of nitrogens with zero attached hydrogens (tertiary/aromatic N) is 1. The molecule has 0 saturated carbocycles. The van der Waals surface area contributed by atoms with Gasteiger partial charge in [0.2, 0.25) is 10.0 Å². The molecule has 0 radical (unpaired) electrons. The molecule has 5 nitrogen and oxygen atoms in total. The smallest absolute Gasteiger partial charge is 0.244 e. The Morgan fingerprint density at radius 3 is 2.71 bits per heavy atom. The van der Waals surface area contributed by atoms with E-state index in [1.807, 2.05) is 6.92 Å². The second-order valence-corrected chi connectivity index (χ2v) is 7.15. The lowest BCUT2D eigenvalue weighted by Gasteiger charge is -2.08. The van der Waals surface area contributed by atoms with Gasteiger partial charge in [-0.1, -0.05) is 6.92 Å². The number of nitrogens with one attached hydrogen (secondary N) is 1. The van der Waals surface area contributed by atoms with Gasteiger partial charge in [0.15, 0.2) is 11.6 Å². The number of hydrogen-bond acceptors (Lipinski definition) is 5. The lowest BCUT2D eigenvalue weighted by atomic mass is 10.3. The minimum Gasteiger partial charge on any atom is -0.399 e. The van der Waals surface area contributed by atoms with E-state index in [2.05, 4.69) is 9.71 Å². The standard InChI is InChI=1S/C12H13F2N3O2S2/c1-2-8-5-16-11(20-8)6-17-21(18,19)10-4-7(15)3-9(13)12(10)14/h3-5,17H,2,6,15H2,1H3. The van der Waals surface area contributed by atoms with Crippen molar-refractivity contribution in [2.75, 3.05) is 5.73 Å². The van der Waals surface area contributed by atoms with Crippen LogP contribution in [0.2, 0.25) is 0 Å². The summed E-state index contributed by atoms with van der Waals surface area (Å²) in [6.07, 6.45) is 2.44. The summed E-state index contributed by atoms with van der Waals surface area (Å²) in [7, 11) is -4.21. The molecule has 0 amide bonds. The van der Waals surface area contributed by atoms with Crippen LogP contribution in [0.5, 0.6) is 0 Å². The van der Waals surface area contributed by atoms with Gasteiger partial charge >= 0.3 is 0 Å². The zero-order valence-electron chi connectivity index (χ0n) is 11.1. The highest BCUT2D eigenvalue weighted by Crippen LogP contribution is 2.21. The highest BCUT2D eigenvalue weighted by molar-refractivity contribution is 7.89. The van der Waals surface area contributed by atoms with E-state index in [4.69, 9.17) is 5.73 Å². The van der Waals surface area contributed by atoms with Gasteiger partial charge in [-0.25, -0.2) is 26.9 Å². The number of hydrogen-bond donors (Lipinski definition) is 2. The summed E-state index contributed by atoms with van der Waals surface area (Å²) in [5.74, 6) is -2.76. The monoisotopic (exact) mass is 333 g/mol. The van der Waals surface area contributed by atoms with Crippen LogP contribution < -0.4 is 10.5 Å². The SMILES string of the molecule is CCc1cnc(CNS(=O)(=O)c2cc(N)cc(F)c2F)s1. The molecule has 0 atom stereocenters. The fraction of sp³-hybridized carbons (Fsp3) is 0.250. The molecule has 2 rings (SSSR count). The van der Waals surface area contributed by atoms with Crippen molar-refractivity contribution in [2.24, 2.45) is 0 Å². The van der Waals surface area contributed by atoms with E-state index >= 15 is 0 Å². The summed E-state index contributed by atoms with van der Waals surface area (Å²) in [5.41, 5.74) is 5.17. The van der Waals surface area contributed by atoms with Gasteiger partial charge in [-0.2, -0.15) is 0 Å². The van der Waals surface area contributed by atoms with E-state index in [0.29, 0.717) is 5.01 Å². The highest BCUT2D eigenvalue weighted by atomic mass is 32.2. The Morgan fingerprint density at radius 1 is 1.38 bits per heavy atom. The summed E-state index contributed by atoms with van der Waals surface area (Å²) in [6.45, 7) is 1.86. The van der Waals surface area contributed by atoms with Crippen LogP contribution >= 0.6 is 11.3 Å². The first-order valence-electron chi connectivity index (χ1n) is 6.01. The Hall–Kier alpha value is -1.58. The number of benzene rings is 1. The molecule has 0 aliphatic rings. The summed E-state index contributed by atoms with van der Waals surface area (Å²) in [6, 6.07) is 1.60. The molecule has 114 valence electrons. The van der Waals surface area contributed by atoms with E-state index in [0.717, 1.165) is 23.4 Å². The molecular weight excluding hydrogens is 320 g/mol. The lowest BCUT2D eigenvalue weighted by Crippen LogP contribution is -2.24. The van der Waals surface area contributed by atoms with E-state index in [-0.39, 0.29) is 12.2 Å². The van der Waals surface area contributed by atoms with Gasteiger partial charge in [0.05, 0.1) is 6.54 Å². The molecule has 0 unspecified atom stereocenters. The van der Waals surface area contributed by atoms with E-state index < -0.39 is 26.6 Å². The van der Waals surface area contributed by atoms with Crippen molar-refractivity contribution in [3.63, 3.8) is 0 Å². The normalized spacial score (nSPS) is 11.8. The Labute approximate surface area is 124 Å². The largest absolute Gasteiger partial charge is 0.399 e. The average molecular weight is 333 g/mol. The second-order valence-electron chi connectivity index (χ2n) is 4.21. The Morgan fingerprint density at radius 2 is 2.10 bits per heavy atom.